The number of hydrogen-bond acceptors (Lipinski definition) is 8. The standard InChI is InChI=1S/C22H23N3O5S/c1-5-9-23-22-25(24-12-14-7-6-8-17(26)20(14)27)16(13-31-22)15-10-18(28-2)21(30-4)19(11-15)29-3/h5-8,10-13,26-27H,1,9H2,2-4H3. The molecule has 0 saturated carbocycles. The average Bonchev–Trinajstić information content (AvgIpc) is 3.20. The number of aromatic hydroxyl groups is 2. The van der Waals surface area contributed by atoms with Crippen LogP contribution >= 0.6 is 11.3 Å². The first-order chi connectivity index (χ1) is 15.0. The van der Waals surface area contributed by atoms with E-state index in [1.807, 2.05) is 17.5 Å². The van der Waals surface area contributed by atoms with Crippen LogP contribution in [0.3, 0.4) is 0 Å². The van der Waals surface area contributed by atoms with Gasteiger partial charge in [-0.3, -0.25) is 4.99 Å². The summed E-state index contributed by atoms with van der Waals surface area (Å²) in [5.41, 5.74) is 1.86. The normalized spacial score (nSPS) is 11.6. The molecule has 3 aromatic rings. The zero-order valence-corrected chi connectivity index (χ0v) is 18.2. The fourth-order valence-corrected chi connectivity index (χ4v) is 3.71. The molecule has 9 heteroatoms. The maximum absolute atomic E-state index is 10.1. The van der Waals surface area contributed by atoms with Gasteiger partial charge in [-0.05, 0) is 24.3 Å². The third-order valence-electron chi connectivity index (χ3n) is 4.36. The van der Waals surface area contributed by atoms with E-state index in [-0.39, 0.29) is 11.5 Å². The largest absolute Gasteiger partial charge is 0.504 e. The molecule has 0 radical (unpaired) electrons. The van der Waals surface area contributed by atoms with Gasteiger partial charge in [0.25, 0.3) is 0 Å². The number of benzene rings is 2. The molecule has 0 unspecified atom stereocenters. The van der Waals surface area contributed by atoms with Gasteiger partial charge < -0.3 is 24.4 Å². The van der Waals surface area contributed by atoms with Crippen molar-refractivity contribution < 1.29 is 24.4 Å². The summed E-state index contributed by atoms with van der Waals surface area (Å²) in [5.74, 6) is 1.03. The number of phenols is 2. The molecule has 0 fully saturated rings. The molecule has 162 valence electrons. The summed E-state index contributed by atoms with van der Waals surface area (Å²) in [6.07, 6.45) is 3.14. The van der Waals surface area contributed by atoms with Crippen LogP contribution in [0.15, 0.2) is 58.5 Å². The van der Waals surface area contributed by atoms with Crippen LogP contribution in [0.25, 0.3) is 11.3 Å². The summed E-state index contributed by atoms with van der Waals surface area (Å²) in [6.45, 7) is 4.12. The molecule has 0 aliphatic heterocycles. The smallest absolute Gasteiger partial charge is 0.206 e. The Kier molecular flexibility index (Phi) is 6.99. The molecule has 31 heavy (non-hydrogen) atoms. The summed E-state index contributed by atoms with van der Waals surface area (Å²) < 4.78 is 18.0. The molecule has 3 rings (SSSR count). The third kappa shape index (κ3) is 4.56. The number of aromatic nitrogens is 1. The van der Waals surface area contributed by atoms with Gasteiger partial charge >= 0.3 is 0 Å². The van der Waals surface area contributed by atoms with Gasteiger partial charge in [-0.1, -0.05) is 12.1 Å². The Balaban J connectivity index is 2.19. The minimum atomic E-state index is -0.249. The molecular formula is C22H23N3O5S. The number of thiazole rings is 1. The molecule has 2 aromatic carbocycles. The van der Waals surface area contributed by atoms with Crippen molar-refractivity contribution in [3.05, 3.63) is 58.7 Å². The van der Waals surface area contributed by atoms with E-state index in [9.17, 15) is 10.2 Å². The predicted octanol–water partition coefficient (Wildman–Crippen LogP) is 3.62. The van der Waals surface area contributed by atoms with E-state index in [0.717, 1.165) is 11.3 Å². The highest BCUT2D eigenvalue weighted by Gasteiger charge is 2.17. The van der Waals surface area contributed by atoms with Crippen LogP contribution in [0, 0.1) is 0 Å². The Morgan fingerprint density at radius 1 is 1.10 bits per heavy atom. The molecule has 0 amide bonds. The molecule has 0 spiro atoms. The van der Waals surface area contributed by atoms with Gasteiger partial charge in [0, 0.05) is 16.5 Å². The van der Waals surface area contributed by atoms with Gasteiger partial charge in [0.1, 0.15) is 0 Å². The van der Waals surface area contributed by atoms with Crippen molar-refractivity contribution >= 4 is 17.6 Å². The van der Waals surface area contributed by atoms with Gasteiger partial charge in [-0.15, -0.1) is 17.9 Å². The van der Waals surface area contributed by atoms with Crippen molar-refractivity contribution in [2.24, 2.45) is 10.1 Å². The van der Waals surface area contributed by atoms with Crippen molar-refractivity contribution in [3.63, 3.8) is 0 Å². The monoisotopic (exact) mass is 441 g/mol. The number of nitrogens with zero attached hydrogens (tertiary/aromatic N) is 3. The Bertz CT molecular complexity index is 1160. The minimum absolute atomic E-state index is 0.222. The fourth-order valence-electron chi connectivity index (χ4n) is 2.86. The van der Waals surface area contributed by atoms with Gasteiger partial charge in [0.15, 0.2) is 23.0 Å². The van der Waals surface area contributed by atoms with Crippen LogP contribution in [-0.2, 0) is 0 Å². The first-order valence-corrected chi connectivity index (χ1v) is 10.1. The van der Waals surface area contributed by atoms with Crippen molar-refractivity contribution in [2.75, 3.05) is 27.9 Å². The zero-order valence-electron chi connectivity index (χ0n) is 17.4. The summed E-state index contributed by atoms with van der Waals surface area (Å²) >= 11 is 1.40. The van der Waals surface area contributed by atoms with Crippen LogP contribution < -0.4 is 19.0 Å². The molecular weight excluding hydrogens is 418 g/mol. The maximum Gasteiger partial charge on any atom is 0.206 e. The lowest BCUT2D eigenvalue weighted by Crippen LogP contribution is -2.12. The molecule has 0 bridgehead atoms. The molecule has 0 aliphatic carbocycles. The quantitative estimate of drug-likeness (QED) is 0.316. The molecule has 0 aliphatic rings. The first-order valence-electron chi connectivity index (χ1n) is 9.21. The van der Waals surface area contributed by atoms with E-state index in [2.05, 4.69) is 16.7 Å². The summed E-state index contributed by atoms with van der Waals surface area (Å²) in [7, 11) is 4.65. The van der Waals surface area contributed by atoms with E-state index in [0.29, 0.717) is 34.2 Å². The highest BCUT2D eigenvalue weighted by atomic mass is 32.1. The van der Waals surface area contributed by atoms with Gasteiger partial charge in [0.2, 0.25) is 10.6 Å². The van der Waals surface area contributed by atoms with Gasteiger partial charge in [-0.25, -0.2) is 4.68 Å². The highest BCUT2D eigenvalue weighted by Crippen LogP contribution is 2.41. The average molecular weight is 442 g/mol. The maximum atomic E-state index is 10.1. The van der Waals surface area contributed by atoms with Crippen LogP contribution in [-0.4, -0.2) is 49.0 Å². The first kappa shape index (κ1) is 22.0. The molecule has 0 saturated heterocycles. The molecule has 2 N–H and O–H groups in total. The number of methoxy groups -OCH3 is 3. The number of phenolic OH excluding ortho intramolecular Hbond substituents is 2. The summed E-state index contributed by atoms with van der Waals surface area (Å²) in [5, 5.41) is 26.2. The van der Waals surface area contributed by atoms with E-state index >= 15 is 0 Å². The lowest BCUT2D eigenvalue weighted by Gasteiger charge is -2.14. The Hall–Kier alpha value is -3.72. The highest BCUT2D eigenvalue weighted by molar-refractivity contribution is 7.07. The van der Waals surface area contributed by atoms with E-state index in [4.69, 9.17) is 14.2 Å². The molecule has 8 nitrogen and oxygen atoms in total. The minimum Gasteiger partial charge on any atom is -0.504 e. The number of rotatable bonds is 8. The lowest BCUT2D eigenvalue weighted by atomic mass is 10.1. The Morgan fingerprint density at radius 3 is 2.42 bits per heavy atom. The molecule has 0 atom stereocenters. The van der Waals surface area contributed by atoms with E-state index < -0.39 is 0 Å². The van der Waals surface area contributed by atoms with Crippen LogP contribution in [0.5, 0.6) is 28.7 Å². The van der Waals surface area contributed by atoms with Crippen molar-refractivity contribution in [1.29, 1.82) is 0 Å². The van der Waals surface area contributed by atoms with Crippen LogP contribution in [0.4, 0.5) is 0 Å². The second kappa shape index (κ2) is 9.86. The SMILES string of the molecule is C=CCN=c1scc(-c2cc(OC)c(OC)c(OC)c2)n1N=Cc1cccc(O)c1O. The Morgan fingerprint density at radius 2 is 1.81 bits per heavy atom. The lowest BCUT2D eigenvalue weighted by molar-refractivity contribution is 0.324. The van der Waals surface area contributed by atoms with Crippen molar-refractivity contribution in [2.45, 2.75) is 0 Å². The fraction of sp³-hybridized carbons (Fsp3) is 0.182. The topological polar surface area (TPSA) is 97.8 Å². The van der Waals surface area contributed by atoms with Crippen molar-refractivity contribution in [3.8, 4) is 40.0 Å². The second-order valence-corrected chi connectivity index (χ2v) is 7.05. The van der Waals surface area contributed by atoms with E-state index in [1.165, 1.54) is 23.6 Å². The number of ether oxygens (including phenoxy) is 3. The Labute approximate surface area is 183 Å². The number of hydrogen-bond donors (Lipinski definition) is 2. The van der Waals surface area contributed by atoms with Crippen LogP contribution in [0.1, 0.15) is 5.56 Å². The summed E-state index contributed by atoms with van der Waals surface area (Å²) in [6, 6.07) is 8.30. The van der Waals surface area contributed by atoms with E-state index in [1.54, 1.807) is 44.2 Å². The number of para-hydroxylation sites is 1. The zero-order chi connectivity index (χ0) is 22.4. The van der Waals surface area contributed by atoms with Crippen LogP contribution in [0.2, 0.25) is 0 Å². The van der Waals surface area contributed by atoms with Gasteiger partial charge in [-0.2, -0.15) is 5.10 Å². The third-order valence-corrected chi connectivity index (χ3v) is 5.21. The predicted molar refractivity (Wildman–Crippen MR) is 121 cm³/mol. The molecule has 1 heterocycles. The van der Waals surface area contributed by atoms with Gasteiger partial charge in [0.05, 0.1) is 39.8 Å². The second-order valence-electron chi connectivity index (χ2n) is 6.22. The molecule has 1 aromatic heterocycles. The summed E-state index contributed by atoms with van der Waals surface area (Å²) in [4.78, 5) is 5.12. The van der Waals surface area contributed by atoms with Crippen molar-refractivity contribution in [1.82, 2.24) is 4.68 Å².